The SMILES string of the molecule is CC[C@@H](C)Cc1c(C)sc2nc(CN3CCNC(=O)C3)[nH]c(=O)c12. The van der Waals surface area contributed by atoms with E-state index in [4.69, 9.17) is 0 Å². The van der Waals surface area contributed by atoms with E-state index >= 15 is 0 Å². The van der Waals surface area contributed by atoms with Crippen LogP contribution in [0.1, 0.15) is 36.5 Å². The van der Waals surface area contributed by atoms with Crippen molar-refractivity contribution in [2.45, 2.75) is 40.2 Å². The number of piperazine rings is 1. The number of thiophene rings is 1. The summed E-state index contributed by atoms with van der Waals surface area (Å²) in [5.74, 6) is 1.21. The highest BCUT2D eigenvalue weighted by atomic mass is 32.1. The van der Waals surface area contributed by atoms with Crippen LogP contribution in [0.25, 0.3) is 10.2 Å². The van der Waals surface area contributed by atoms with Crippen LogP contribution in [0.2, 0.25) is 0 Å². The molecule has 0 radical (unpaired) electrons. The largest absolute Gasteiger partial charge is 0.354 e. The van der Waals surface area contributed by atoms with E-state index < -0.39 is 0 Å². The summed E-state index contributed by atoms with van der Waals surface area (Å²) in [4.78, 5) is 35.7. The highest BCUT2D eigenvalue weighted by molar-refractivity contribution is 7.18. The molecule has 0 aromatic carbocycles. The maximum atomic E-state index is 12.6. The van der Waals surface area contributed by atoms with Crippen LogP contribution in [0.5, 0.6) is 0 Å². The molecular formula is C17H24N4O2S. The Morgan fingerprint density at radius 2 is 2.17 bits per heavy atom. The van der Waals surface area contributed by atoms with Gasteiger partial charge in [0.1, 0.15) is 10.7 Å². The lowest BCUT2D eigenvalue weighted by molar-refractivity contribution is -0.124. The Hall–Kier alpha value is -1.73. The molecule has 0 spiro atoms. The zero-order chi connectivity index (χ0) is 17.3. The minimum Gasteiger partial charge on any atom is -0.354 e. The van der Waals surface area contributed by atoms with Crippen molar-refractivity contribution in [3.63, 3.8) is 0 Å². The molecule has 2 N–H and O–H groups in total. The van der Waals surface area contributed by atoms with Crippen LogP contribution in [0, 0.1) is 12.8 Å². The average molecular weight is 348 g/mol. The van der Waals surface area contributed by atoms with Crippen molar-refractivity contribution in [1.29, 1.82) is 0 Å². The van der Waals surface area contributed by atoms with Gasteiger partial charge in [-0.15, -0.1) is 11.3 Å². The van der Waals surface area contributed by atoms with Gasteiger partial charge in [0.05, 0.1) is 18.5 Å². The van der Waals surface area contributed by atoms with E-state index in [0.717, 1.165) is 35.2 Å². The van der Waals surface area contributed by atoms with Gasteiger partial charge in [-0.1, -0.05) is 20.3 Å². The van der Waals surface area contributed by atoms with Gasteiger partial charge in [-0.05, 0) is 24.8 Å². The number of fused-ring (bicyclic) bond motifs is 1. The Bertz CT molecular complexity index is 811. The minimum absolute atomic E-state index is 0.0208. The van der Waals surface area contributed by atoms with Crippen LogP contribution in [-0.4, -0.2) is 40.4 Å². The number of nitrogens with zero attached hydrogens (tertiary/aromatic N) is 2. The molecule has 3 heterocycles. The van der Waals surface area contributed by atoms with Gasteiger partial charge < -0.3 is 10.3 Å². The monoisotopic (exact) mass is 348 g/mol. The van der Waals surface area contributed by atoms with Gasteiger partial charge in [0.25, 0.3) is 5.56 Å². The van der Waals surface area contributed by atoms with Crippen LogP contribution >= 0.6 is 11.3 Å². The molecule has 24 heavy (non-hydrogen) atoms. The van der Waals surface area contributed by atoms with Crippen molar-refractivity contribution in [1.82, 2.24) is 20.2 Å². The standard InChI is InChI=1S/C17H24N4O2S/c1-4-10(2)7-12-11(3)24-17-15(12)16(23)19-13(20-17)8-21-6-5-18-14(22)9-21/h10H,4-9H2,1-3H3,(H,18,22)(H,19,20,23)/t10-/m1/s1. The topological polar surface area (TPSA) is 78.1 Å². The molecule has 7 heteroatoms. The van der Waals surface area contributed by atoms with Crippen molar-refractivity contribution in [2.75, 3.05) is 19.6 Å². The lowest BCUT2D eigenvalue weighted by atomic mass is 9.98. The van der Waals surface area contributed by atoms with Gasteiger partial charge in [0.15, 0.2) is 0 Å². The second-order valence-corrected chi connectivity index (χ2v) is 7.81. The number of amides is 1. The fraction of sp³-hybridized carbons (Fsp3) is 0.588. The first-order chi connectivity index (χ1) is 11.5. The maximum Gasteiger partial charge on any atom is 0.259 e. The number of aryl methyl sites for hydroxylation is 1. The summed E-state index contributed by atoms with van der Waals surface area (Å²) in [5, 5.41) is 3.55. The molecule has 6 nitrogen and oxygen atoms in total. The second-order valence-electron chi connectivity index (χ2n) is 6.61. The summed E-state index contributed by atoms with van der Waals surface area (Å²) in [5.41, 5.74) is 1.08. The second kappa shape index (κ2) is 7.03. The van der Waals surface area contributed by atoms with Crippen molar-refractivity contribution in [3.05, 3.63) is 26.6 Å². The molecule has 0 aliphatic carbocycles. The molecule has 1 saturated heterocycles. The van der Waals surface area contributed by atoms with Gasteiger partial charge in [-0.2, -0.15) is 0 Å². The molecule has 130 valence electrons. The van der Waals surface area contributed by atoms with Crippen molar-refractivity contribution < 1.29 is 4.79 Å². The number of hydrogen-bond donors (Lipinski definition) is 2. The first-order valence-corrected chi connectivity index (χ1v) is 9.29. The molecule has 1 aliphatic rings. The zero-order valence-electron chi connectivity index (χ0n) is 14.4. The maximum absolute atomic E-state index is 12.6. The molecular weight excluding hydrogens is 324 g/mol. The molecule has 1 fully saturated rings. The van der Waals surface area contributed by atoms with Gasteiger partial charge >= 0.3 is 0 Å². The van der Waals surface area contributed by atoms with E-state index in [2.05, 4.69) is 36.1 Å². The number of aromatic nitrogens is 2. The van der Waals surface area contributed by atoms with Gasteiger partial charge in [0, 0.05) is 18.0 Å². The van der Waals surface area contributed by atoms with Crippen LogP contribution in [-0.2, 0) is 17.8 Å². The number of carbonyl (C=O) groups excluding carboxylic acids is 1. The van der Waals surface area contributed by atoms with Crippen molar-refractivity contribution in [2.24, 2.45) is 5.92 Å². The lowest BCUT2D eigenvalue weighted by Gasteiger charge is -2.25. The number of rotatable bonds is 5. The average Bonchev–Trinajstić information content (AvgIpc) is 2.83. The van der Waals surface area contributed by atoms with E-state index in [1.807, 2.05) is 4.90 Å². The highest BCUT2D eigenvalue weighted by Crippen LogP contribution is 2.29. The van der Waals surface area contributed by atoms with Crippen molar-refractivity contribution in [3.8, 4) is 0 Å². The van der Waals surface area contributed by atoms with Crippen LogP contribution in [0.15, 0.2) is 4.79 Å². The molecule has 0 unspecified atom stereocenters. The molecule has 1 aliphatic heterocycles. The summed E-state index contributed by atoms with van der Waals surface area (Å²) in [6, 6.07) is 0. The fourth-order valence-corrected chi connectivity index (χ4v) is 4.14. The van der Waals surface area contributed by atoms with Gasteiger partial charge in [-0.3, -0.25) is 14.5 Å². The molecule has 3 rings (SSSR count). The van der Waals surface area contributed by atoms with E-state index in [9.17, 15) is 9.59 Å². The number of H-pyrrole nitrogens is 1. The van der Waals surface area contributed by atoms with E-state index in [1.54, 1.807) is 11.3 Å². The van der Waals surface area contributed by atoms with Crippen LogP contribution < -0.4 is 10.9 Å². The summed E-state index contributed by atoms with van der Waals surface area (Å²) >= 11 is 1.59. The smallest absolute Gasteiger partial charge is 0.259 e. The molecule has 2 aromatic heterocycles. The van der Waals surface area contributed by atoms with Crippen molar-refractivity contribution >= 4 is 27.5 Å². The number of hydrogen-bond acceptors (Lipinski definition) is 5. The molecule has 1 atom stereocenters. The van der Waals surface area contributed by atoms with E-state index in [0.29, 0.717) is 31.4 Å². The number of carbonyl (C=O) groups is 1. The summed E-state index contributed by atoms with van der Waals surface area (Å²) in [6.45, 7) is 8.71. The summed E-state index contributed by atoms with van der Waals surface area (Å²) in [6.07, 6.45) is 2.01. The van der Waals surface area contributed by atoms with Crippen LogP contribution in [0.4, 0.5) is 0 Å². The molecule has 1 amide bonds. The first-order valence-electron chi connectivity index (χ1n) is 8.48. The zero-order valence-corrected chi connectivity index (χ0v) is 15.3. The number of aromatic amines is 1. The Labute approximate surface area is 145 Å². The predicted octanol–water partition coefficient (Wildman–Crippen LogP) is 1.81. The Balaban J connectivity index is 1.90. The third-order valence-electron chi connectivity index (χ3n) is 4.65. The molecule has 2 aromatic rings. The Morgan fingerprint density at radius 1 is 1.38 bits per heavy atom. The third kappa shape index (κ3) is 3.52. The first kappa shape index (κ1) is 17.1. The van der Waals surface area contributed by atoms with Crippen LogP contribution in [0.3, 0.4) is 0 Å². The summed E-state index contributed by atoms with van der Waals surface area (Å²) in [7, 11) is 0. The lowest BCUT2D eigenvalue weighted by Crippen LogP contribution is -2.47. The quantitative estimate of drug-likeness (QED) is 0.864. The predicted molar refractivity (Wildman–Crippen MR) is 96.4 cm³/mol. The molecule has 0 saturated carbocycles. The van der Waals surface area contributed by atoms with E-state index in [-0.39, 0.29) is 11.5 Å². The molecule has 0 bridgehead atoms. The normalized spacial score (nSPS) is 17.2. The Morgan fingerprint density at radius 3 is 2.88 bits per heavy atom. The fourth-order valence-electron chi connectivity index (χ4n) is 3.07. The van der Waals surface area contributed by atoms with Gasteiger partial charge in [-0.25, -0.2) is 4.98 Å². The van der Waals surface area contributed by atoms with E-state index in [1.165, 1.54) is 4.88 Å². The third-order valence-corrected chi connectivity index (χ3v) is 5.69. The minimum atomic E-state index is -0.0564. The summed E-state index contributed by atoms with van der Waals surface area (Å²) < 4.78 is 0. The Kier molecular flexibility index (Phi) is 5.01. The van der Waals surface area contributed by atoms with Gasteiger partial charge in [0.2, 0.25) is 5.91 Å². The number of nitrogens with one attached hydrogen (secondary N) is 2. The highest BCUT2D eigenvalue weighted by Gasteiger charge is 2.20.